The number of halogens is 7. The molecule has 1 aliphatic heterocycles. The number of hydrazone groups is 1. The average molecular weight is 489 g/mol. The van der Waals surface area contributed by atoms with Gasteiger partial charge in [0.05, 0.1) is 11.4 Å². The second kappa shape index (κ2) is 12.2. The molecule has 0 unspecified atom stereocenters. The fraction of sp³-hybridized carbons (Fsp3) is 0.600. The van der Waals surface area contributed by atoms with Crippen LogP contribution < -0.4 is 4.90 Å². The first-order valence-corrected chi connectivity index (χ1v) is 10.6. The van der Waals surface area contributed by atoms with Gasteiger partial charge in [-0.1, -0.05) is 13.8 Å². The highest BCUT2D eigenvalue weighted by Crippen LogP contribution is 2.30. The van der Waals surface area contributed by atoms with Gasteiger partial charge in [0.2, 0.25) is 5.91 Å². The lowest BCUT2D eigenvalue weighted by Gasteiger charge is -2.36. The Kier molecular flexibility index (Phi) is 10.6. The minimum absolute atomic E-state index is 0.0910. The molecule has 32 heavy (non-hydrogen) atoms. The van der Waals surface area contributed by atoms with Gasteiger partial charge >= 0.3 is 12.4 Å². The van der Waals surface area contributed by atoms with Crippen LogP contribution in [0.25, 0.3) is 0 Å². The van der Waals surface area contributed by atoms with E-state index in [0.29, 0.717) is 31.9 Å². The first-order chi connectivity index (χ1) is 15.0. The molecule has 0 atom stereocenters. The van der Waals surface area contributed by atoms with Crippen LogP contribution in [0.2, 0.25) is 0 Å². The van der Waals surface area contributed by atoms with E-state index >= 15 is 0 Å². The van der Waals surface area contributed by atoms with Crippen molar-refractivity contribution < 1.29 is 31.1 Å². The average Bonchev–Trinajstić information content (AvgIpc) is 2.76. The van der Waals surface area contributed by atoms with Crippen molar-refractivity contribution in [2.24, 2.45) is 5.10 Å². The van der Waals surface area contributed by atoms with Crippen LogP contribution in [0.1, 0.15) is 26.3 Å². The molecule has 1 saturated heterocycles. The lowest BCUT2D eigenvalue weighted by Crippen LogP contribution is -2.51. The van der Waals surface area contributed by atoms with E-state index in [1.54, 1.807) is 6.92 Å². The number of likely N-dealkylation sites (N-methyl/N-ethyl adjacent to an activating group) is 1. The first-order valence-electron chi connectivity index (χ1n) is 10.1. The molecule has 1 aliphatic rings. The monoisotopic (exact) mass is 488 g/mol. The SMILES string of the molecule is CC.CCN(CC(=O)N1CCN(c2ccc(C(F)(F)F)cc2)CC1)/N=C(\CCl)C(F)(F)F. The minimum atomic E-state index is -4.68. The standard InChI is InChI=1S/C18H21ClF6N4O.C2H6/c1-2-29(26-15(11-19)18(23,24)25)12-16(30)28-9-7-27(8-10-28)14-5-3-13(4-6-14)17(20,21)22;1-2/h3-6H,2,7-12H2,1H3;1-2H3/b26-15+;. The van der Waals surface area contributed by atoms with Gasteiger partial charge in [0.1, 0.15) is 6.54 Å². The summed E-state index contributed by atoms with van der Waals surface area (Å²) in [5.41, 5.74) is -1.31. The van der Waals surface area contributed by atoms with Crippen molar-refractivity contribution in [1.82, 2.24) is 9.91 Å². The molecule has 0 N–H and O–H groups in total. The van der Waals surface area contributed by atoms with Crippen molar-refractivity contribution >= 4 is 28.9 Å². The largest absolute Gasteiger partial charge is 0.432 e. The predicted octanol–water partition coefficient (Wildman–Crippen LogP) is 4.86. The summed E-state index contributed by atoms with van der Waals surface area (Å²) >= 11 is 5.31. The Morgan fingerprint density at radius 1 is 1.03 bits per heavy atom. The van der Waals surface area contributed by atoms with Gasteiger partial charge in [-0.2, -0.15) is 31.4 Å². The van der Waals surface area contributed by atoms with Gasteiger partial charge in [-0.15, -0.1) is 11.6 Å². The number of alkyl halides is 7. The van der Waals surface area contributed by atoms with Gasteiger partial charge in [0.25, 0.3) is 0 Å². The van der Waals surface area contributed by atoms with Crippen LogP contribution in [-0.4, -0.2) is 72.9 Å². The van der Waals surface area contributed by atoms with E-state index in [9.17, 15) is 31.1 Å². The Hall–Kier alpha value is -2.17. The lowest BCUT2D eigenvalue weighted by atomic mass is 10.1. The molecular formula is C20H27ClF6N4O. The number of benzene rings is 1. The van der Waals surface area contributed by atoms with Gasteiger partial charge in [-0.3, -0.25) is 9.80 Å². The van der Waals surface area contributed by atoms with E-state index in [4.69, 9.17) is 11.6 Å². The number of carbonyl (C=O) groups is 1. The van der Waals surface area contributed by atoms with E-state index < -0.39 is 29.5 Å². The van der Waals surface area contributed by atoms with E-state index in [0.717, 1.165) is 17.1 Å². The summed E-state index contributed by atoms with van der Waals surface area (Å²) in [4.78, 5) is 15.8. The molecule has 0 radical (unpaired) electrons. The van der Waals surface area contributed by atoms with Crippen molar-refractivity contribution in [2.75, 3.05) is 50.0 Å². The Morgan fingerprint density at radius 2 is 1.56 bits per heavy atom. The quantitative estimate of drug-likeness (QED) is 0.248. The third kappa shape index (κ3) is 8.07. The molecule has 2 rings (SSSR count). The van der Waals surface area contributed by atoms with Crippen molar-refractivity contribution in [3.63, 3.8) is 0 Å². The molecule has 1 aromatic carbocycles. The third-order valence-electron chi connectivity index (χ3n) is 4.59. The maximum Gasteiger partial charge on any atom is 0.432 e. The molecule has 5 nitrogen and oxygen atoms in total. The summed E-state index contributed by atoms with van der Waals surface area (Å²) in [6.07, 6.45) is -9.09. The van der Waals surface area contributed by atoms with Crippen molar-refractivity contribution in [2.45, 2.75) is 33.1 Å². The number of rotatable bonds is 6. The van der Waals surface area contributed by atoms with Crippen molar-refractivity contribution in [1.29, 1.82) is 0 Å². The Balaban J connectivity index is 0.00000249. The van der Waals surface area contributed by atoms with Gasteiger partial charge in [0, 0.05) is 38.4 Å². The molecule has 0 aromatic heterocycles. The van der Waals surface area contributed by atoms with Crippen molar-refractivity contribution in [3.8, 4) is 0 Å². The molecule has 0 bridgehead atoms. The molecule has 182 valence electrons. The maximum absolute atomic E-state index is 12.8. The lowest BCUT2D eigenvalue weighted by molar-refractivity contribution is -0.137. The van der Waals surface area contributed by atoms with Crippen LogP contribution in [-0.2, 0) is 11.0 Å². The van der Waals surface area contributed by atoms with E-state index in [1.165, 1.54) is 17.0 Å². The molecule has 12 heteroatoms. The molecule has 1 amide bonds. The summed E-state index contributed by atoms with van der Waals surface area (Å²) in [7, 11) is 0. The number of carbonyl (C=O) groups excluding carboxylic acids is 1. The molecule has 1 heterocycles. The Morgan fingerprint density at radius 3 is 1.97 bits per heavy atom. The van der Waals surface area contributed by atoms with Crippen LogP contribution in [0, 0.1) is 0 Å². The summed E-state index contributed by atoms with van der Waals surface area (Å²) in [6, 6.07) is 4.75. The second-order valence-corrected chi connectivity index (χ2v) is 6.84. The first kappa shape index (κ1) is 27.9. The number of hydrogen-bond acceptors (Lipinski definition) is 4. The van der Waals surface area contributed by atoms with Gasteiger partial charge < -0.3 is 9.80 Å². The number of hydrogen-bond donors (Lipinski definition) is 0. The zero-order valence-electron chi connectivity index (χ0n) is 18.1. The number of amides is 1. The normalized spacial score (nSPS) is 15.2. The number of anilines is 1. The highest BCUT2D eigenvalue weighted by atomic mass is 35.5. The van der Waals surface area contributed by atoms with Crippen LogP contribution in [0.4, 0.5) is 32.0 Å². The van der Waals surface area contributed by atoms with Gasteiger partial charge in [-0.05, 0) is 31.2 Å². The molecule has 0 aliphatic carbocycles. The summed E-state index contributed by atoms with van der Waals surface area (Å²) in [5.74, 6) is -1.20. The third-order valence-corrected chi connectivity index (χ3v) is 4.84. The fourth-order valence-corrected chi connectivity index (χ4v) is 3.08. The summed E-state index contributed by atoms with van der Waals surface area (Å²) < 4.78 is 76.4. The van der Waals surface area contributed by atoms with E-state index in [-0.39, 0.29) is 19.0 Å². The predicted molar refractivity (Wildman–Crippen MR) is 113 cm³/mol. The van der Waals surface area contributed by atoms with E-state index in [2.05, 4.69) is 5.10 Å². The maximum atomic E-state index is 12.8. The highest BCUT2D eigenvalue weighted by Gasteiger charge is 2.36. The zero-order valence-corrected chi connectivity index (χ0v) is 18.9. The number of nitrogens with zero attached hydrogens (tertiary/aromatic N) is 4. The van der Waals surface area contributed by atoms with E-state index in [1.807, 2.05) is 18.7 Å². The van der Waals surface area contributed by atoms with Gasteiger partial charge in [0.15, 0.2) is 5.71 Å². The Labute approximate surface area is 188 Å². The van der Waals surface area contributed by atoms with Crippen LogP contribution in [0.5, 0.6) is 0 Å². The molecule has 1 fully saturated rings. The molecule has 0 spiro atoms. The van der Waals surface area contributed by atoms with Gasteiger partial charge in [-0.25, -0.2) is 0 Å². The smallest absolute Gasteiger partial charge is 0.368 e. The summed E-state index contributed by atoms with van der Waals surface area (Å²) in [5, 5.41) is 4.46. The fourth-order valence-electron chi connectivity index (χ4n) is 2.88. The molecule has 1 aromatic rings. The van der Waals surface area contributed by atoms with Crippen LogP contribution in [0.15, 0.2) is 29.4 Å². The van der Waals surface area contributed by atoms with Crippen LogP contribution in [0.3, 0.4) is 0 Å². The minimum Gasteiger partial charge on any atom is -0.368 e. The summed E-state index contributed by atoms with van der Waals surface area (Å²) in [6.45, 7) is 6.71. The second-order valence-electron chi connectivity index (χ2n) is 6.57. The zero-order chi connectivity index (χ0) is 24.5. The van der Waals surface area contributed by atoms with Crippen LogP contribution >= 0.6 is 11.6 Å². The number of piperazine rings is 1. The topological polar surface area (TPSA) is 39.2 Å². The van der Waals surface area contributed by atoms with Crippen molar-refractivity contribution in [3.05, 3.63) is 29.8 Å². The Bertz CT molecular complexity index is 744. The molecular weight excluding hydrogens is 462 g/mol. The highest BCUT2D eigenvalue weighted by molar-refractivity contribution is 6.29. The molecule has 0 saturated carbocycles.